The molecule has 0 aliphatic heterocycles. The maximum atomic E-state index is 13.1. The summed E-state index contributed by atoms with van der Waals surface area (Å²) in [7, 11) is 0. The van der Waals surface area contributed by atoms with Crippen LogP contribution in [0.15, 0.2) is 102 Å². The molecule has 216 valence electrons. The highest BCUT2D eigenvalue weighted by atomic mass is 35.5. The molecule has 0 saturated carbocycles. The molecule has 7 nitrogen and oxygen atoms in total. The van der Waals surface area contributed by atoms with Gasteiger partial charge in [0.05, 0.1) is 11.2 Å². The molecule has 2 atom stereocenters. The molecule has 0 spiro atoms. The molecule has 0 bridgehead atoms. The average molecular weight is 625 g/mol. The van der Waals surface area contributed by atoms with Crippen LogP contribution in [0.25, 0.3) is 0 Å². The lowest BCUT2D eigenvalue weighted by atomic mass is 10.1. The number of nitrogens with one attached hydrogen (secondary N) is 2. The molecule has 0 unspecified atom stereocenters. The number of halogens is 3. The van der Waals surface area contributed by atoms with Gasteiger partial charge in [-0.2, -0.15) is 5.10 Å². The molecule has 4 aromatic rings. The molecule has 0 radical (unpaired) electrons. The number of rotatable bonds is 12. The number of benzene rings is 4. The van der Waals surface area contributed by atoms with Gasteiger partial charge in [-0.15, -0.1) is 0 Å². The summed E-state index contributed by atoms with van der Waals surface area (Å²) in [6.07, 6.45) is 0.822. The number of ether oxygens (including phenoxy) is 2. The lowest BCUT2D eigenvalue weighted by Gasteiger charge is -2.21. The molecular weight excluding hydrogens is 597 g/mol. The normalized spacial score (nSPS) is 12.4. The Morgan fingerprint density at radius 3 is 2.29 bits per heavy atom. The van der Waals surface area contributed by atoms with Gasteiger partial charge in [0.25, 0.3) is 11.8 Å². The van der Waals surface area contributed by atoms with Crippen LogP contribution in [0.3, 0.4) is 0 Å². The van der Waals surface area contributed by atoms with Crippen molar-refractivity contribution in [3.05, 3.63) is 129 Å². The Labute approximate surface area is 259 Å². The summed E-state index contributed by atoms with van der Waals surface area (Å²) >= 11 is 18.3. The first-order valence-electron chi connectivity index (χ1n) is 13.0. The Hall–Kier alpha value is -4.04. The summed E-state index contributed by atoms with van der Waals surface area (Å²) in [5, 5.41) is 8.21. The number of carbonyl (C=O) groups is 2. The van der Waals surface area contributed by atoms with Gasteiger partial charge in [-0.3, -0.25) is 9.59 Å². The van der Waals surface area contributed by atoms with Crippen molar-refractivity contribution in [1.82, 2.24) is 10.7 Å². The van der Waals surface area contributed by atoms with E-state index in [0.717, 1.165) is 16.7 Å². The minimum absolute atomic E-state index is 0.250. The minimum atomic E-state index is -0.933. The van der Waals surface area contributed by atoms with Crippen LogP contribution >= 0.6 is 34.8 Å². The highest BCUT2D eigenvalue weighted by Crippen LogP contribution is 2.28. The van der Waals surface area contributed by atoms with E-state index in [-0.39, 0.29) is 11.4 Å². The zero-order valence-corrected chi connectivity index (χ0v) is 24.9. The number of amides is 2. The zero-order chi connectivity index (χ0) is 29.9. The third kappa shape index (κ3) is 9.24. The third-order valence-electron chi connectivity index (χ3n) is 6.10. The van der Waals surface area contributed by atoms with E-state index in [1.165, 1.54) is 12.3 Å². The van der Waals surface area contributed by atoms with E-state index in [1.54, 1.807) is 31.2 Å². The molecule has 2 N–H and O–H groups in total. The zero-order valence-electron chi connectivity index (χ0n) is 22.6. The van der Waals surface area contributed by atoms with Gasteiger partial charge < -0.3 is 14.8 Å². The van der Waals surface area contributed by atoms with E-state index in [2.05, 4.69) is 15.8 Å². The fourth-order valence-electron chi connectivity index (χ4n) is 3.84. The maximum absolute atomic E-state index is 13.1. The maximum Gasteiger partial charge on any atom is 0.262 e. The van der Waals surface area contributed by atoms with Crippen molar-refractivity contribution < 1.29 is 19.1 Å². The molecule has 0 saturated heterocycles. The van der Waals surface area contributed by atoms with Crippen LogP contribution in [0.4, 0.5) is 0 Å². The molecule has 10 heteroatoms. The van der Waals surface area contributed by atoms with Crippen LogP contribution in [0.5, 0.6) is 11.5 Å². The number of hydrazone groups is 1. The molecule has 4 aromatic carbocycles. The second kappa shape index (κ2) is 15.3. The minimum Gasteiger partial charge on any atom is -0.489 e. The number of carbonyl (C=O) groups excluding carboxylic acids is 2. The topological polar surface area (TPSA) is 89.0 Å². The van der Waals surface area contributed by atoms with Crippen LogP contribution in [-0.4, -0.2) is 30.2 Å². The summed E-state index contributed by atoms with van der Waals surface area (Å²) in [4.78, 5) is 26.1. The van der Waals surface area contributed by atoms with Crippen LogP contribution in [-0.2, 0) is 22.6 Å². The van der Waals surface area contributed by atoms with Crippen molar-refractivity contribution >= 4 is 52.8 Å². The largest absolute Gasteiger partial charge is 0.489 e. The predicted molar refractivity (Wildman–Crippen MR) is 167 cm³/mol. The van der Waals surface area contributed by atoms with Crippen molar-refractivity contribution in [2.24, 2.45) is 5.10 Å². The second-order valence-electron chi connectivity index (χ2n) is 9.27. The molecular formula is C32H28Cl3N3O4. The smallest absolute Gasteiger partial charge is 0.262 e. The van der Waals surface area contributed by atoms with E-state index in [4.69, 9.17) is 44.3 Å². The summed E-state index contributed by atoms with van der Waals surface area (Å²) in [6, 6.07) is 27.8. The van der Waals surface area contributed by atoms with E-state index in [9.17, 15) is 9.59 Å². The fourth-order valence-corrected chi connectivity index (χ4v) is 4.48. The standard InChI is InChI=1S/C32H28Cl3N3O4/c1-21(42-30-16-13-25(33)18-28(30)35)31(39)37-29(17-22-7-3-2-4-8-22)32(40)38-36-19-23-11-14-26(15-12-23)41-20-24-9-5-6-10-27(24)34/h2-16,18-19,21,29H,17,20H2,1H3,(H,37,39)(H,38,40)/b36-19-/t21-,29+/m0/s1. The summed E-state index contributed by atoms with van der Waals surface area (Å²) in [5.41, 5.74) is 5.02. The summed E-state index contributed by atoms with van der Waals surface area (Å²) < 4.78 is 11.5. The van der Waals surface area contributed by atoms with Gasteiger partial charge in [0.2, 0.25) is 0 Å². The Morgan fingerprint density at radius 1 is 0.857 bits per heavy atom. The van der Waals surface area contributed by atoms with Crippen LogP contribution < -0.4 is 20.2 Å². The Kier molecular flexibility index (Phi) is 11.2. The van der Waals surface area contributed by atoms with Gasteiger partial charge in [-0.1, -0.05) is 83.3 Å². The Bertz CT molecular complexity index is 1530. The quantitative estimate of drug-likeness (QED) is 0.133. The van der Waals surface area contributed by atoms with E-state index in [0.29, 0.717) is 28.2 Å². The van der Waals surface area contributed by atoms with Crippen molar-refractivity contribution in [2.45, 2.75) is 32.1 Å². The Morgan fingerprint density at radius 2 is 1.57 bits per heavy atom. The lowest BCUT2D eigenvalue weighted by Crippen LogP contribution is -2.50. The van der Waals surface area contributed by atoms with Gasteiger partial charge in [0.15, 0.2) is 6.10 Å². The molecule has 0 aliphatic rings. The second-order valence-corrected chi connectivity index (χ2v) is 10.5. The molecule has 42 heavy (non-hydrogen) atoms. The molecule has 4 rings (SSSR count). The first-order valence-corrected chi connectivity index (χ1v) is 14.2. The highest BCUT2D eigenvalue weighted by molar-refractivity contribution is 6.35. The van der Waals surface area contributed by atoms with Crippen molar-refractivity contribution in [2.75, 3.05) is 0 Å². The van der Waals surface area contributed by atoms with E-state index in [1.807, 2.05) is 66.7 Å². The van der Waals surface area contributed by atoms with Crippen LogP contribution in [0, 0.1) is 0 Å². The number of nitrogens with zero attached hydrogens (tertiary/aromatic N) is 1. The highest BCUT2D eigenvalue weighted by Gasteiger charge is 2.25. The fraction of sp³-hybridized carbons (Fsp3) is 0.156. The van der Waals surface area contributed by atoms with Gasteiger partial charge in [-0.25, -0.2) is 5.43 Å². The van der Waals surface area contributed by atoms with Crippen LogP contribution in [0.2, 0.25) is 15.1 Å². The Balaban J connectivity index is 1.35. The number of hydrogen-bond acceptors (Lipinski definition) is 5. The monoisotopic (exact) mass is 623 g/mol. The molecule has 0 aromatic heterocycles. The summed E-state index contributed by atoms with van der Waals surface area (Å²) in [5.74, 6) is -0.0102. The molecule has 0 fully saturated rings. The first-order chi connectivity index (χ1) is 20.3. The van der Waals surface area contributed by atoms with Crippen molar-refractivity contribution in [3.8, 4) is 11.5 Å². The van der Waals surface area contributed by atoms with Crippen molar-refractivity contribution in [1.29, 1.82) is 0 Å². The lowest BCUT2D eigenvalue weighted by molar-refractivity contribution is -0.132. The summed E-state index contributed by atoms with van der Waals surface area (Å²) in [6.45, 7) is 1.91. The van der Waals surface area contributed by atoms with Gasteiger partial charge >= 0.3 is 0 Å². The average Bonchev–Trinajstić information content (AvgIpc) is 2.99. The van der Waals surface area contributed by atoms with Crippen LogP contribution in [0.1, 0.15) is 23.6 Å². The molecule has 2 amide bonds. The first kappa shape index (κ1) is 30.9. The van der Waals surface area contributed by atoms with Gasteiger partial charge in [0, 0.05) is 22.0 Å². The van der Waals surface area contributed by atoms with Gasteiger partial charge in [0.1, 0.15) is 24.1 Å². The predicted octanol–water partition coefficient (Wildman–Crippen LogP) is 6.87. The van der Waals surface area contributed by atoms with E-state index >= 15 is 0 Å². The third-order valence-corrected chi connectivity index (χ3v) is 7.00. The van der Waals surface area contributed by atoms with E-state index < -0.39 is 24.0 Å². The molecule has 0 heterocycles. The molecule has 0 aliphatic carbocycles. The number of hydrogen-bond donors (Lipinski definition) is 2. The SMILES string of the molecule is C[C@H](Oc1ccc(Cl)cc1Cl)C(=O)N[C@H](Cc1ccccc1)C(=O)N/N=C\c1ccc(OCc2ccccc2Cl)cc1. The van der Waals surface area contributed by atoms with Gasteiger partial charge in [-0.05, 0) is 66.6 Å². The van der Waals surface area contributed by atoms with Crippen molar-refractivity contribution in [3.63, 3.8) is 0 Å².